The summed E-state index contributed by atoms with van der Waals surface area (Å²) in [5, 5.41) is 18.4. The van der Waals surface area contributed by atoms with Gasteiger partial charge in [-0.25, -0.2) is 0 Å². The zero-order valence-corrected chi connectivity index (χ0v) is 45.9. The van der Waals surface area contributed by atoms with Gasteiger partial charge in [-0.15, -0.1) is 0 Å². The van der Waals surface area contributed by atoms with Gasteiger partial charge in [0.25, 0.3) is 20.2 Å². The summed E-state index contributed by atoms with van der Waals surface area (Å²) in [7, 11) is -8.39. The molecule has 12 nitrogen and oxygen atoms in total. The quantitative estimate of drug-likeness (QED) is 0.0257. The minimum absolute atomic E-state index is 0.0860. The summed E-state index contributed by atoms with van der Waals surface area (Å²) in [6.45, 7) is 4.88. The lowest BCUT2D eigenvalue weighted by molar-refractivity contribution is -0.437. The number of hydrogen-bond donors (Lipinski definition) is 4. The Morgan fingerprint density at radius 1 is 0.651 bits per heavy atom. The lowest BCUT2D eigenvalue weighted by Gasteiger charge is -2.31. The summed E-state index contributed by atoms with van der Waals surface area (Å²) in [6.07, 6.45) is 19.4. The number of carboxylic acids is 2. The second kappa shape index (κ2) is 23.5. The number of anilines is 1. The second-order valence-corrected chi connectivity index (χ2v) is 24.0. The average Bonchev–Trinajstić information content (AvgIpc) is 3.53. The molecule has 0 amide bonds. The number of aliphatic carboxylic acids is 2. The fraction of sp³-hybridized carbons (Fsp3) is 0.465. The van der Waals surface area contributed by atoms with Crippen LogP contribution < -0.4 is 4.90 Å². The van der Waals surface area contributed by atoms with Crippen LogP contribution in [-0.2, 0) is 40.7 Å². The summed E-state index contributed by atoms with van der Waals surface area (Å²) >= 11 is 22.3. The average molecular weight is 1300 g/mol. The van der Waals surface area contributed by atoms with E-state index in [1.165, 1.54) is 0 Å². The van der Waals surface area contributed by atoms with Crippen LogP contribution in [0.1, 0.15) is 102 Å². The highest BCUT2D eigenvalue weighted by Crippen LogP contribution is 2.56. The zero-order chi connectivity index (χ0) is 46.9. The van der Waals surface area contributed by atoms with Crippen LogP contribution in [0.3, 0.4) is 0 Å². The Balaban J connectivity index is 1.73. The number of rotatable bonds is 24. The SMILES string of the molecule is CC1(CCCCCC(=O)O)C(/C=C/C=C/C=C/C=C2\N(CCCS(=O)(=O)O)c3cc(Br)c(Br)c(Br)c3C2(C)CCCCCC(=O)O)=[N+](CCCS(=O)(=O)O)c2cc(Br)c(Br)c(Br)c21. The van der Waals surface area contributed by atoms with E-state index in [1.54, 1.807) is 0 Å². The third kappa shape index (κ3) is 14.3. The Morgan fingerprint density at radius 3 is 1.73 bits per heavy atom. The monoisotopic (exact) mass is 1290 g/mol. The van der Waals surface area contributed by atoms with E-state index >= 15 is 0 Å². The molecule has 0 bridgehead atoms. The number of carboxylic acid groups (broad SMARTS) is 2. The lowest BCUT2D eigenvalue weighted by atomic mass is 9.75. The van der Waals surface area contributed by atoms with E-state index in [1.807, 2.05) is 54.7 Å². The van der Waals surface area contributed by atoms with Gasteiger partial charge in [-0.05, 0) is 154 Å². The number of carbonyl (C=O) groups is 2. The first-order valence-electron chi connectivity index (χ1n) is 20.3. The molecule has 0 aromatic heterocycles. The molecule has 4 rings (SSSR count). The second-order valence-electron chi connectivity index (χ2n) is 16.0. The van der Waals surface area contributed by atoms with Crippen molar-refractivity contribution in [2.75, 3.05) is 29.5 Å². The molecular formula is C43H51Br6N2O10S2+. The van der Waals surface area contributed by atoms with Crippen LogP contribution in [0, 0.1) is 0 Å². The van der Waals surface area contributed by atoms with E-state index in [4.69, 9.17) is 0 Å². The standard InChI is InChI=1S/C43H50Br6N2O10S2/c1-42(20-12-6-10-18-34(52)53)32(50(22-14-24-62(56,57)58)30-26-28(44)38(46)40(48)36(30)42)16-8-4-3-5-9-17-33-43(2,21-13-7-11-19-35(54)55)37-31(27-29(45)39(47)41(37)49)51(33)23-15-25-63(59,60)61/h3-5,8-9,16-17,26-27H,6-7,10-15,18-25H2,1-2H3,(H3-,52,53,54,55,56,57,58,59,60,61)/p+1. The normalized spacial score (nSPS) is 19.7. The third-order valence-electron chi connectivity index (χ3n) is 11.3. The van der Waals surface area contributed by atoms with Crippen molar-refractivity contribution in [1.29, 1.82) is 0 Å². The van der Waals surface area contributed by atoms with Crippen molar-refractivity contribution in [2.24, 2.45) is 0 Å². The number of benzene rings is 2. The first-order valence-corrected chi connectivity index (χ1v) is 28.2. The minimum Gasteiger partial charge on any atom is -0.481 e. The Kier molecular flexibility index (Phi) is 20.2. The number of nitrogens with zero attached hydrogens (tertiary/aromatic N) is 2. The Bertz CT molecular complexity index is 2450. The molecule has 63 heavy (non-hydrogen) atoms. The van der Waals surface area contributed by atoms with Crippen molar-refractivity contribution < 1.29 is 50.3 Å². The van der Waals surface area contributed by atoms with Gasteiger partial charge in [0.1, 0.15) is 6.54 Å². The van der Waals surface area contributed by atoms with Gasteiger partial charge in [0.15, 0.2) is 5.71 Å². The van der Waals surface area contributed by atoms with Crippen LogP contribution in [0.25, 0.3) is 0 Å². The van der Waals surface area contributed by atoms with Gasteiger partial charge in [-0.3, -0.25) is 18.7 Å². The van der Waals surface area contributed by atoms with Crippen LogP contribution >= 0.6 is 95.6 Å². The molecule has 2 unspecified atom stereocenters. The molecule has 0 radical (unpaired) electrons. The number of fused-ring (bicyclic) bond motifs is 2. The molecule has 20 heteroatoms. The van der Waals surface area contributed by atoms with E-state index in [0.29, 0.717) is 51.6 Å². The van der Waals surface area contributed by atoms with E-state index in [9.17, 15) is 45.7 Å². The molecule has 4 N–H and O–H groups in total. The molecular weight excluding hydrogens is 1250 g/mol. The summed E-state index contributed by atoms with van der Waals surface area (Å²) in [5.74, 6) is -2.48. The van der Waals surface area contributed by atoms with Crippen LogP contribution in [-0.4, -0.2) is 83.0 Å². The molecule has 2 aliphatic rings. The smallest absolute Gasteiger partial charge is 0.303 e. The van der Waals surface area contributed by atoms with Crippen molar-refractivity contribution in [3.05, 3.63) is 98.3 Å². The van der Waals surface area contributed by atoms with Crippen LogP contribution in [0.2, 0.25) is 0 Å². The van der Waals surface area contributed by atoms with E-state index in [-0.39, 0.29) is 25.7 Å². The zero-order valence-electron chi connectivity index (χ0n) is 34.7. The number of unbranched alkanes of at least 4 members (excludes halogenated alkanes) is 4. The summed E-state index contributed by atoms with van der Waals surface area (Å²) < 4.78 is 73.1. The summed E-state index contributed by atoms with van der Waals surface area (Å²) in [4.78, 5) is 24.5. The Morgan fingerprint density at radius 2 is 1.16 bits per heavy atom. The van der Waals surface area contributed by atoms with Gasteiger partial charge in [0.05, 0.1) is 22.5 Å². The van der Waals surface area contributed by atoms with Crippen molar-refractivity contribution in [3.8, 4) is 0 Å². The predicted octanol–water partition coefficient (Wildman–Crippen LogP) is 12.6. The molecule has 2 aliphatic heterocycles. The molecule has 0 saturated heterocycles. The molecule has 0 fully saturated rings. The van der Waals surface area contributed by atoms with Gasteiger partial charge < -0.3 is 15.1 Å². The fourth-order valence-electron chi connectivity index (χ4n) is 8.45. The summed E-state index contributed by atoms with van der Waals surface area (Å²) in [6, 6.07) is 3.97. The molecule has 2 atom stereocenters. The van der Waals surface area contributed by atoms with E-state index in [0.717, 1.165) is 73.6 Å². The van der Waals surface area contributed by atoms with Gasteiger partial charge >= 0.3 is 11.9 Å². The van der Waals surface area contributed by atoms with Gasteiger partial charge in [-0.1, -0.05) is 56.1 Å². The number of allylic oxidation sites excluding steroid dienone is 8. The number of halogens is 6. The van der Waals surface area contributed by atoms with E-state index < -0.39 is 54.5 Å². The Labute approximate surface area is 420 Å². The largest absolute Gasteiger partial charge is 0.481 e. The predicted molar refractivity (Wildman–Crippen MR) is 270 cm³/mol. The van der Waals surface area contributed by atoms with E-state index in [2.05, 4.69) is 119 Å². The molecule has 0 saturated carbocycles. The number of hydrogen-bond acceptors (Lipinski definition) is 7. The van der Waals surface area contributed by atoms with Crippen molar-refractivity contribution in [1.82, 2.24) is 0 Å². The third-order valence-corrected chi connectivity index (χ3v) is 19.6. The molecule has 0 aliphatic carbocycles. The Hall–Kier alpha value is -1.49. The van der Waals surface area contributed by atoms with Crippen molar-refractivity contribution in [2.45, 2.75) is 102 Å². The maximum Gasteiger partial charge on any atom is 0.303 e. The minimum atomic E-state index is -4.19. The van der Waals surface area contributed by atoms with Crippen LogP contribution in [0.4, 0.5) is 11.4 Å². The van der Waals surface area contributed by atoms with Crippen LogP contribution in [0.5, 0.6) is 0 Å². The fourth-order valence-corrected chi connectivity index (χ4v) is 13.1. The van der Waals surface area contributed by atoms with Gasteiger partial charge in [0.2, 0.25) is 5.69 Å². The van der Waals surface area contributed by atoms with Crippen molar-refractivity contribution >= 4 is 145 Å². The molecule has 2 heterocycles. The maximum atomic E-state index is 11.7. The highest BCUT2D eigenvalue weighted by molar-refractivity contribution is 9.15. The van der Waals surface area contributed by atoms with Gasteiger partial charge in [-0.2, -0.15) is 21.4 Å². The van der Waals surface area contributed by atoms with Crippen LogP contribution in [0.15, 0.2) is 87.2 Å². The molecule has 0 spiro atoms. The molecule has 2 aromatic carbocycles. The highest BCUT2D eigenvalue weighted by Gasteiger charge is 2.50. The molecule has 2 aromatic rings. The molecule has 346 valence electrons. The maximum absolute atomic E-state index is 11.7. The topological polar surface area (TPSA) is 190 Å². The highest BCUT2D eigenvalue weighted by atomic mass is 79.9. The summed E-state index contributed by atoms with van der Waals surface area (Å²) in [5.41, 5.74) is 4.48. The van der Waals surface area contributed by atoms with Crippen molar-refractivity contribution in [3.63, 3.8) is 0 Å². The lowest BCUT2D eigenvalue weighted by Crippen LogP contribution is -2.32. The first kappa shape index (κ1) is 54.1. The van der Waals surface area contributed by atoms with Gasteiger partial charge in [0, 0.05) is 87.1 Å². The first-order chi connectivity index (χ1) is 29.4.